The van der Waals surface area contributed by atoms with Crippen molar-refractivity contribution in [3.05, 3.63) is 0 Å². The van der Waals surface area contributed by atoms with Crippen LogP contribution in [0, 0.1) is 17.8 Å². The number of amides is 1. The lowest BCUT2D eigenvalue weighted by Crippen LogP contribution is -2.42. The van der Waals surface area contributed by atoms with Gasteiger partial charge in [-0.2, -0.15) is 0 Å². The zero-order chi connectivity index (χ0) is 17.5. The van der Waals surface area contributed by atoms with E-state index in [-0.39, 0.29) is 18.4 Å². The zero-order valence-electron chi connectivity index (χ0n) is 15.2. The summed E-state index contributed by atoms with van der Waals surface area (Å²) in [5.41, 5.74) is -0.519. The van der Waals surface area contributed by atoms with E-state index >= 15 is 0 Å². The standard InChI is InChI=1S/C18H35NO4/c1-13(12-20)10-16(21)15(14-8-6-5-7-9-14)11-19-17(22)23-18(2,3)4/h13-16,20-21H,5-12H2,1-4H3,(H,19,22)/t13-,15-,16+/m1/s1. The first kappa shape index (κ1) is 20.2. The van der Waals surface area contributed by atoms with Crippen LogP contribution in [0.15, 0.2) is 0 Å². The summed E-state index contributed by atoms with van der Waals surface area (Å²) < 4.78 is 5.29. The van der Waals surface area contributed by atoms with Gasteiger partial charge in [-0.05, 0) is 39.0 Å². The number of aliphatic hydroxyl groups is 2. The molecule has 5 nitrogen and oxygen atoms in total. The average Bonchev–Trinajstić information content (AvgIpc) is 2.46. The van der Waals surface area contributed by atoms with Crippen molar-refractivity contribution in [1.82, 2.24) is 5.32 Å². The molecule has 5 heteroatoms. The smallest absolute Gasteiger partial charge is 0.407 e. The Morgan fingerprint density at radius 3 is 2.39 bits per heavy atom. The van der Waals surface area contributed by atoms with Gasteiger partial charge in [0.2, 0.25) is 0 Å². The van der Waals surface area contributed by atoms with Gasteiger partial charge in [-0.15, -0.1) is 0 Å². The first-order valence-electron chi connectivity index (χ1n) is 8.98. The second-order valence-corrected chi connectivity index (χ2v) is 8.04. The monoisotopic (exact) mass is 329 g/mol. The molecule has 0 aliphatic heterocycles. The van der Waals surface area contributed by atoms with Crippen LogP contribution in [0.25, 0.3) is 0 Å². The van der Waals surface area contributed by atoms with E-state index in [0.29, 0.717) is 18.9 Å². The van der Waals surface area contributed by atoms with Crippen LogP contribution in [-0.2, 0) is 4.74 Å². The second-order valence-electron chi connectivity index (χ2n) is 8.04. The van der Waals surface area contributed by atoms with E-state index in [1.807, 2.05) is 27.7 Å². The number of hydrogen-bond acceptors (Lipinski definition) is 4. The highest BCUT2D eigenvalue weighted by molar-refractivity contribution is 5.67. The summed E-state index contributed by atoms with van der Waals surface area (Å²) in [7, 11) is 0. The molecule has 0 aromatic heterocycles. The van der Waals surface area contributed by atoms with E-state index in [1.54, 1.807) is 0 Å². The Bertz CT molecular complexity index is 347. The second kappa shape index (κ2) is 9.48. The van der Waals surface area contributed by atoms with Crippen molar-refractivity contribution in [2.24, 2.45) is 17.8 Å². The molecule has 0 spiro atoms. The summed E-state index contributed by atoms with van der Waals surface area (Å²) in [5.74, 6) is 0.522. The topological polar surface area (TPSA) is 78.8 Å². The number of nitrogens with one attached hydrogen (secondary N) is 1. The lowest BCUT2D eigenvalue weighted by atomic mass is 9.76. The molecule has 1 amide bonds. The number of rotatable bonds is 7. The Balaban J connectivity index is 2.61. The van der Waals surface area contributed by atoms with E-state index < -0.39 is 17.8 Å². The molecule has 1 saturated carbocycles. The van der Waals surface area contributed by atoms with Crippen molar-refractivity contribution in [1.29, 1.82) is 0 Å². The predicted molar refractivity (Wildman–Crippen MR) is 91.2 cm³/mol. The Morgan fingerprint density at radius 2 is 1.87 bits per heavy atom. The van der Waals surface area contributed by atoms with Crippen molar-refractivity contribution in [2.75, 3.05) is 13.2 Å². The van der Waals surface area contributed by atoms with E-state index in [9.17, 15) is 15.0 Å². The molecule has 0 aromatic rings. The van der Waals surface area contributed by atoms with Gasteiger partial charge in [-0.25, -0.2) is 4.79 Å². The van der Waals surface area contributed by atoms with E-state index in [1.165, 1.54) is 19.3 Å². The minimum absolute atomic E-state index is 0.0248. The van der Waals surface area contributed by atoms with Crippen molar-refractivity contribution >= 4 is 6.09 Å². The van der Waals surface area contributed by atoms with Gasteiger partial charge < -0.3 is 20.3 Å². The summed E-state index contributed by atoms with van der Waals surface area (Å²) in [6.07, 6.45) is 5.47. The van der Waals surface area contributed by atoms with Gasteiger partial charge in [0.25, 0.3) is 0 Å². The third-order valence-corrected chi connectivity index (χ3v) is 4.59. The highest BCUT2D eigenvalue weighted by Crippen LogP contribution is 2.33. The van der Waals surface area contributed by atoms with Crippen LogP contribution < -0.4 is 5.32 Å². The van der Waals surface area contributed by atoms with Crippen LogP contribution in [0.1, 0.15) is 66.2 Å². The largest absolute Gasteiger partial charge is 0.444 e. The average molecular weight is 329 g/mol. The molecule has 3 N–H and O–H groups in total. The van der Waals surface area contributed by atoms with Gasteiger partial charge in [0.05, 0.1) is 6.10 Å². The van der Waals surface area contributed by atoms with Gasteiger partial charge in [0.1, 0.15) is 5.60 Å². The molecule has 0 bridgehead atoms. The number of hydrogen-bond donors (Lipinski definition) is 3. The molecule has 0 radical (unpaired) electrons. The molecule has 1 aliphatic rings. The Kier molecular flexibility index (Phi) is 8.34. The third-order valence-electron chi connectivity index (χ3n) is 4.59. The number of aliphatic hydroxyl groups excluding tert-OH is 2. The molecular formula is C18H35NO4. The SMILES string of the molecule is C[C@@H](CO)C[C@H](O)[C@H](CNC(=O)OC(C)(C)C)C1CCCCC1. The van der Waals surface area contributed by atoms with Gasteiger partial charge in [-0.1, -0.05) is 39.0 Å². The van der Waals surface area contributed by atoms with Crippen molar-refractivity contribution < 1.29 is 19.7 Å². The van der Waals surface area contributed by atoms with Crippen LogP contribution in [-0.4, -0.2) is 41.2 Å². The molecule has 3 atom stereocenters. The van der Waals surface area contributed by atoms with Crippen LogP contribution >= 0.6 is 0 Å². The fourth-order valence-corrected chi connectivity index (χ4v) is 3.36. The van der Waals surface area contributed by atoms with Gasteiger partial charge in [0, 0.05) is 19.1 Å². The normalized spacial score (nSPS) is 20.6. The molecular weight excluding hydrogens is 294 g/mol. The molecule has 23 heavy (non-hydrogen) atoms. The molecule has 0 heterocycles. The highest BCUT2D eigenvalue weighted by Gasteiger charge is 2.31. The molecule has 136 valence electrons. The van der Waals surface area contributed by atoms with Gasteiger partial charge in [-0.3, -0.25) is 0 Å². The van der Waals surface area contributed by atoms with Crippen LogP contribution in [0.2, 0.25) is 0 Å². The maximum absolute atomic E-state index is 11.9. The lowest BCUT2D eigenvalue weighted by Gasteiger charge is -2.34. The van der Waals surface area contributed by atoms with Crippen LogP contribution in [0.3, 0.4) is 0 Å². The number of carbonyl (C=O) groups excluding carboxylic acids is 1. The number of alkyl carbamates (subject to hydrolysis) is 1. The van der Waals surface area contributed by atoms with Gasteiger partial charge >= 0.3 is 6.09 Å². The molecule has 1 rings (SSSR count). The number of ether oxygens (including phenoxy) is 1. The summed E-state index contributed by atoms with van der Waals surface area (Å²) in [4.78, 5) is 11.9. The van der Waals surface area contributed by atoms with E-state index in [0.717, 1.165) is 12.8 Å². The van der Waals surface area contributed by atoms with E-state index in [2.05, 4.69) is 5.32 Å². The fourth-order valence-electron chi connectivity index (χ4n) is 3.36. The van der Waals surface area contributed by atoms with Gasteiger partial charge in [0.15, 0.2) is 0 Å². The Hall–Kier alpha value is -0.810. The third kappa shape index (κ3) is 8.02. The minimum atomic E-state index is -0.519. The molecule has 1 aliphatic carbocycles. The van der Waals surface area contributed by atoms with Crippen molar-refractivity contribution in [2.45, 2.75) is 77.9 Å². The Labute approximate surface area is 140 Å². The quantitative estimate of drug-likeness (QED) is 0.670. The first-order valence-corrected chi connectivity index (χ1v) is 8.98. The zero-order valence-corrected chi connectivity index (χ0v) is 15.2. The maximum atomic E-state index is 11.9. The summed E-state index contributed by atoms with van der Waals surface area (Å²) >= 11 is 0. The van der Waals surface area contributed by atoms with E-state index in [4.69, 9.17) is 4.74 Å². The Morgan fingerprint density at radius 1 is 1.26 bits per heavy atom. The molecule has 0 aromatic carbocycles. The van der Waals surface area contributed by atoms with Crippen molar-refractivity contribution in [3.8, 4) is 0 Å². The first-order chi connectivity index (χ1) is 10.7. The van der Waals surface area contributed by atoms with Crippen LogP contribution in [0.4, 0.5) is 4.79 Å². The predicted octanol–water partition coefficient (Wildman–Crippen LogP) is 3.09. The van der Waals surface area contributed by atoms with Crippen LogP contribution in [0.5, 0.6) is 0 Å². The maximum Gasteiger partial charge on any atom is 0.407 e. The fraction of sp³-hybridized carbons (Fsp3) is 0.944. The lowest BCUT2D eigenvalue weighted by molar-refractivity contribution is 0.0258. The minimum Gasteiger partial charge on any atom is -0.444 e. The highest BCUT2D eigenvalue weighted by atomic mass is 16.6. The molecule has 1 fully saturated rings. The number of carbonyl (C=O) groups is 1. The van der Waals surface area contributed by atoms with Crippen molar-refractivity contribution in [3.63, 3.8) is 0 Å². The molecule has 0 saturated heterocycles. The summed E-state index contributed by atoms with van der Waals surface area (Å²) in [6.45, 7) is 7.95. The summed E-state index contributed by atoms with van der Waals surface area (Å²) in [6, 6.07) is 0. The molecule has 0 unspecified atom stereocenters. The summed E-state index contributed by atoms with van der Waals surface area (Å²) in [5, 5.41) is 22.7.